The Morgan fingerprint density at radius 2 is 1.77 bits per heavy atom. The van der Waals surface area contributed by atoms with E-state index >= 15 is 0 Å². The number of benzene rings is 2. The van der Waals surface area contributed by atoms with Crippen molar-refractivity contribution in [2.45, 2.75) is 20.1 Å². The molecule has 0 radical (unpaired) electrons. The zero-order valence-electron chi connectivity index (χ0n) is 17.0. The quantitative estimate of drug-likeness (QED) is 0.385. The lowest BCUT2D eigenvalue weighted by Gasteiger charge is -2.12. The molecule has 0 unspecified atom stereocenters. The average molecular weight is 431 g/mol. The molecule has 0 aliphatic heterocycles. The van der Waals surface area contributed by atoms with Gasteiger partial charge in [0.1, 0.15) is 0 Å². The van der Waals surface area contributed by atoms with Crippen LogP contribution in [0.3, 0.4) is 0 Å². The molecule has 0 aliphatic rings. The number of nitrogens with one attached hydrogen (secondary N) is 2. The van der Waals surface area contributed by atoms with Crippen molar-refractivity contribution in [2.24, 2.45) is 0 Å². The number of pyridine rings is 1. The SMILES string of the molecule is Cc1nc(-c2ccc(CONC(=O)c3ccccc3NCc3ccncc3)cc2)cs1. The van der Waals surface area contributed by atoms with E-state index in [0.717, 1.165) is 33.1 Å². The third kappa shape index (κ3) is 5.53. The minimum absolute atomic E-state index is 0.273. The van der Waals surface area contributed by atoms with Gasteiger partial charge in [-0.1, -0.05) is 36.4 Å². The third-order valence-corrected chi connectivity index (χ3v) is 5.45. The number of aromatic nitrogens is 2. The van der Waals surface area contributed by atoms with Crippen LogP contribution in [0, 0.1) is 6.92 Å². The normalized spacial score (nSPS) is 10.6. The van der Waals surface area contributed by atoms with Crippen molar-refractivity contribution in [3.8, 4) is 11.3 Å². The second-order valence-corrected chi connectivity index (χ2v) is 7.99. The number of anilines is 1. The topological polar surface area (TPSA) is 76.1 Å². The highest BCUT2D eigenvalue weighted by molar-refractivity contribution is 7.09. The predicted octanol–water partition coefficient (Wildman–Crippen LogP) is 4.99. The average Bonchev–Trinajstić information content (AvgIpc) is 3.25. The van der Waals surface area contributed by atoms with E-state index in [2.05, 4.69) is 20.8 Å². The van der Waals surface area contributed by atoms with Crippen LogP contribution in [0.4, 0.5) is 5.69 Å². The maximum Gasteiger partial charge on any atom is 0.276 e. The summed E-state index contributed by atoms with van der Waals surface area (Å²) in [4.78, 5) is 26.6. The van der Waals surface area contributed by atoms with Gasteiger partial charge >= 0.3 is 0 Å². The molecule has 1 amide bonds. The number of thiazole rings is 1. The monoisotopic (exact) mass is 430 g/mol. The molecule has 2 aromatic heterocycles. The van der Waals surface area contributed by atoms with Gasteiger partial charge in [0.25, 0.3) is 5.91 Å². The molecule has 0 fully saturated rings. The van der Waals surface area contributed by atoms with Gasteiger partial charge < -0.3 is 5.32 Å². The van der Waals surface area contributed by atoms with Crippen LogP contribution in [-0.4, -0.2) is 15.9 Å². The standard InChI is InChI=1S/C24H22N4O2S/c1-17-27-23(16-31-17)20-8-6-19(7-9-20)15-30-28-24(29)21-4-2-3-5-22(21)26-14-18-10-12-25-13-11-18/h2-13,16,26H,14-15H2,1H3,(H,28,29). The van der Waals surface area contributed by atoms with Gasteiger partial charge in [-0.15, -0.1) is 11.3 Å². The molecule has 4 aromatic rings. The van der Waals surface area contributed by atoms with Crippen molar-refractivity contribution in [1.29, 1.82) is 0 Å². The number of hydrogen-bond donors (Lipinski definition) is 2. The van der Waals surface area contributed by atoms with Gasteiger partial charge in [0, 0.05) is 35.6 Å². The highest BCUT2D eigenvalue weighted by atomic mass is 32.1. The summed E-state index contributed by atoms with van der Waals surface area (Å²) in [6.07, 6.45) is 3.49. The van der Waals surface area contributed by atoms with Crippen molar-refractivity contribution in [2.75, 3.05) is 5.32 Å². The fourth-order valence-electron chi connectivity index (χ4n) is 3.04. The van der Waals surface area contributed by atoms with Crippen LogP contribution in [-0.2, 0) is 18.0 Å². The van der Waals surface area contributed by atoms with E-state index in [0.29, 0.717) is 12.1 Å². The molecule has 0 spiro atoms. The number of hydroxylamine groups is 1. The first-order valence-corrected chi connectivity index (χ1v) is 10.7. The van der Waals surface area contributed by atoms with E-state index in [1.807, 2.05) is 66.9 Å². The van der Waals surface area contributed by atoms with Gasteiger partial charge in [0.15, 0.2) is 0 Å². The molecule has 2 aromatic carbocycles. The molecule has 2 heterocycles. The molecule has 0 bridgehead atoms. The second-order valence-electron chi connectivity index (χ2n) is 6.92. The summed E-state index contributed by atoms with van der Waals surface area (Å²) in [5, 5.41) is 6.38. The van der Waals surface area contributed by atoms with E-state index in [9.17, 15) is 4.79 Å². The second kappa shape index (κ2) is 9.97. The summed E-state index contributed by atoms with van der Waals surface area (Å²) >= 11 is 1.63. The van der Waals surface area contributed by atoms with Gasteiger partial charge in [-0.05, 0) is 42.3 Å². The summed E-state index contributed by atoms with van der Waals surface area (Å²) in [5.74, 6) is -0.299. The maximum absolute atomic E-state index is 12.6. The molecule has 0 saturated carbocycles. The maximum atomic E-state index is 12.6. The Bertz CT molecular complexity index is 1140. The van der Waals surface area contributed by atoms with Crippen LogP contribution in [0.1, 0.15) is 26.5 Å². The molecule has 0 saturated heterocycles. The van der Waals surface area contributed by atoms with Gasteiger partial charge in [0.2, 0.25) is 0 Å². The number of carbonyl (C=O) groups excluding carboxylic acids is 1. The Kier molecular flexibility index (Phi) is 6.66. The lowest BCUT2D eigenvalue weighted by atomic mass is 10.1. The van der Waals surface area contributed by atoms with E-state index in [1.54, 1.807) is 29.8 Å². The van der Waals surface area contributed by atoms with Crippen molar-refractivity contribution in [3.63, 3.8) is 0 Å². The number of hydrogen-bond acceptors (Lipinski definition) is 6. The molecular formula is C24H22N4O2S. The highest BCUT2D eigenvalue weighted by Crippen LogP contribution is 2.22. The fourth-order valence-corrected chi connectivity index (χ4v) is 3.66. The van der Waals surface area contributed by atoms with Crippen molar-refractivity contribution >= 4 is 22.9 Å². The Balaban J connectivity index is 1.32. The first-order chi connectivity index (χ1) is 15.2. The number of carbonyl (C=O) groups is 1. The van der Waals surface area contributed by atoms with Crippen molar-refractivity contribution in [1.82, 2.24) is 15.4 Å². The lowest BCUT2D eigenvalue weighted by molar-refractivity contribution is 0.0234. The molecule has 2 N–H and O–H groups in total. The first kappa shape index (κ1) is 20.7. The lowest BCUT2D eigenvalue weighted by Crippen LogP contribution is -2.24. The number of nitrogens with zero attached hydrogens (tertiary/aromatic N) is 2. The van der Waals surface area contributed by atoms with E-state index in [-0.39, 0.29) is 12.5 Å². The summed E-state index contributed by atoms with van der Waals surface area (Å²) in [6, 6.07) is 19.2. The Morgan fingerprint density at radius 3 is 2.52 bits per heavy atom. The zero-order valence-corrected chi connectivity index (χ0v) is 17.9. The number of para-hydroxylation sites is 1. The van der Waals surface area contributed by atoms with Crippen LogP contribution < -0.4 is 10.8 Å². The minimum Gasteiger partial charge on any atom is -0.380 e. The van der Waals surface area contributed by atoms with Crippen LogP contribution in [0.15, 0.2) is 78.4 Å². The summed E-state index contributed by atoms with van der Waals surface area (Å²) in [5.41, 5.74) is 7.87. The van der Waals surface area contributed by atoms with Crippen molar-refractivity contribution in [3.05, 3.63) is 100 Å². The van der Waals surface area contributed by atoms with E-state index in [1.165, 1.54) is 0 Å². The predicted molar refractivity (Wildman–Crippen MR) is 123 cm³/mol. The first-order valence-electron chi connectivity index (χ1n) is 9.84. The number of aryl methyl sites for hydroxylation is 1. The summed E-state index contributed by atoms with van der Waals surface area (Å²) < 4.78 is 0. The van der Waals surface area contributed by atoms with E-state index in [4.69, 9.17) is 4.84 Å². The van der Waals surface area contributed by atoms with Gasteiger partial charge in [0.05, 0.1) is 22.9 Å². The molecule has 7 heteroatoms. The van der Waals surface area contributed by atoms with Crippen LogP contribution in [0.2, 0.25) is 0 Å². The highest BCUT2D eigenvalue weighted by Gasteiger charge is 2.11. The molecule has 4 rings (SSSR count). The largest absolute Gasteiger partial charge is 0.380 e. The smallest absolute Gasteiger partial charge is 0.276 e. The minimum atomic E-state index is -0.299. The van der Waals surface area contributed by atoms with E-state index < -0.39 is 0 Å². The van der Waals surface area contributed by atoms with Gasteiger partial charge in [-0.25, -0.2) is 10.5 Å². The molecule has 156 valence electrons. The summed E-state index contributed by atoms with van der Waals surface area (Å²) in [7, 11) is 0. The number of amides is 1. The van der Waals surface area contributed by atoms with Crippen molar-refractivity contribution < 1.29 is 9.63 Å². The third-order valence-electron chi connectivity index (χ3n) is 4.68. The molecule has 0 aliphatic carbocycles. The molecule has 0 atom stereocenters. The van der Waals surface area contributed by atoms with Crippen LogP contribution >= 0.6 is 11.3 Å². The van der Waals surface area contributed by atoms with Gasteiger partial charge in [-0.2, -0.15) is 0 Å². The van der Waals surface area contributed by atoms with Crippen LogP contribution in [0.25, 0.3) is 11.3 Å². The Hall–Kier alpha value is -3.55. The van der Waals surface area contributed by atoms with Gasteiger partial charge in [-0.3, -0.25) is 14.6 Å². The summed E-state index contributed by atoms with van der Waals surface area (Å²) in [6.45, 7) is 2.86. The Labute approximate surface area is 184 Å². The Morgan fingerprint density at radius 1 is 1.00 bits per heavy atom. The number of rotatable bonds is 8. The molecular weight excluding hydrogens is 408 g/mol. The fraction of sp³-hybridized carbons (Fsp3) is 0.125. The zero-order chi connectivity index (χ0) is 21.5. The molecule has 31 heavy (non-hydrogen) atoms. The molecule has 6 nitrogen and oxygen atoms in total. The van der Waals surface area contributed by atoms with Crippen LogP contribution in [0.5, 0.6) is 0 Å².